The molecule has 1 N–H and O–H groups in total. The van der Waals surface area contributed by atoms with Gasteiger partial charge in [0.1, 0.15) is 16.7 Å². The lowest BCUT2D eigenvalue weighted by Gasteiger charge is -2.24. The predicted molar refractivity (Wildman–Crippen MR) is 183 cm³/mol. The molecule has 0 bridgehead atoms. The zero-order valence-corrected chi connectivity index (χ0v) is 28.1. The molecule has 45 heavy (non-hydrogen) atoms. The van der Waals surface area contributed by atoms with Gasteiger partial charge in [-0.05, 0) is 85.9 Å². The van der Waals surface area contributed by atoms with Gasteiger partial charge >= 0.3 is 0 Å². The molecule has 8 heteroatoms. The number of unbranched alkanes of at least 4 members (excludes halogenated alkanes) is 1. The van der Waals surface area contributed by atoms with Crippen molar-refractivity contribution in [2.24, 2.45) is 10.4 Å². The second-order valence-electron chi connectivity index (χ2n) is 13.2. The first-order valence-electron chi connectivity index (χ1n) is 17.0. The minimum atomic E-state index is -1.43. The van der Waals surface area contributed by atoms with Crippen LogP contribution in [0.1, 0.15) is 125 Å². The zero-order chi connectivity index (χ0) is 31.7. The van der Waals surface area contributed by atoms with Gasteiger partial charge in [-0.15, -0.1) is 0 Å². The van der Waals surface area contributed by atoms with Gasteiger partial charge in [0.2, 0.25) is 0 Å². The van der Waals surface area contributed by atoms with E-state index in [1.807, 2.05) is 18.2 Å². The van der Waals surface area contributed by atoms with Crippen molar-refractivity contribution in [2.75, 3.05) is 12.9 Å². The molecule has 240 valence electrons. The summed E-state index contributed by atoms with van der Waals surface area (Å²) in [5.74, 6) is 1.26. The van der Waals surface area contributed by atoms with Crippen LogP contribution in [0.25, 0.3) is 22.2 Å². The second-order valence-corrected chi connectivity index (χ2v) is 14.7. The first-order valence-corrected chi connectivity index (χ1v) is 18.3. The molecular formula is C37H47N3O4S. The lowest BCUT2D eigenvalue weighted by Crippen LogP contribution is -2.26. The molecule has 2 saturated carbocycles. The van der Waals surface area contributed by atoms with Crippen molar-refractivity contribution in [3.63, 3.8) is 0 Å². The molecular weight excluding hydrogens is 582 g/mol. The van der Waals surface area contributed by atoms with E-state index in [4.69, 9.17) is 9.73 Å². The van der Waals surface area contributed by atoms with Gasteiger partial charge in [0, 0.05) is 46.0 Å². The van der Waals surface area contributed by atoms with Gasteiger partial charge in [-0.2, -0.15) is 0 Å². The van der Waals surface area contributed by atoms with Crippen molar-refractivity contribution in [2.45, 2.75) is 110 Å². The summed E-state index contributed by atoms with van der Waals surface area (Å²) in [5, 5.41) is 1.15. The van der Waals surface area contributed by atoms with Gasteiger partial charge in [-0.3, -0.25) is 14.3 Å². The monoisotopic (exact) mass is 629 g/mol. The number of aromatic nitrogens is 1. The van der Waals surface area contributed by atoms with Crippen LogP contribution in [0.5, 0.6) is 5.75 Å². The van der Waals surface area contributed by atoms with Gasteiger partial charge in [-0.25, -0.2) is 9.20 Å². The second kappa shape index (κ2) is 13.2. The van der Waals surface area contributed by atoms with Crippen molar-refractivity contribution in [3.05, 3.63) is 53.1 Å². The number of amides is 2. The third-order valence-corrected chi connectivity index (χ3v) is 11.2. The molecule has 3 aliphatic rings. The molecule has 3 unspecified atom stereocenters. The lowest BCUT2D eigenvalue weighted by atomic mass is 9.81. The molecule has 0 spiro atoms. The highest BCUT2D eigenvalue weighted by Gasteiger charge is 2.63. The smallest absolute Gasteiger partial charge is 0.263 e. The Labute approximate surface area is 269 Å². The number of carbonyl (C=O) groups excluding carboxylic acids is 2. The lowest BCUT2D eigenvalue weighted by molar-refractivity contribution is -0.123. The van der Waals surface area contributed by atoms with Crippen molar-refractivity contribution >= 4 is 39.4 Å². The number of hydrogen-bond acceptors (Lipinski definition) is 4. The summed E-state index contributed by atoms with van der Waals surface area (Å²) in [4.78, 5) is 32.4. The Bertz CT molecular complexity index is 1670. The topological polar surface area (TPSA) is 89.8 Å². The van der Waals surface area contributed by atoms with Crippen LogP contribution < -0.4 is 9.46 Å². The Morgan fingerprint density at radius 1 is 1.04 bits per heavy atom. The molecule has 0 saturated heterocycles. The molecule has 3 atom stereocenters. The average molecular weight is 630 g/mol. The Balaban J connectivity index is 1.56. The Morgan fingerprint density at radius 2 is 1.84 bits per heavy atom. The predicted octanol–water partition coefficient (Wildman–Crippen LogP) is 8.22. The van der Waals surface area contributed by atoms with Crippen LogP contribution in [-0.2, 0) is 22.3 Å². The van der Waals surface area contributed by atoms with Crippen LogP contribution >= 0.6 is 0 Å². The first kappa shape index (κ1) is 31.7. The van der Waals surface area contributed by atoms with E-state index >= 15 is 0 Å². The molecule has 2 fully saturated rings. The van der Waals surface area contributed by atoms with E-state index < -0.39 is 16.4 Å². The van der Waals surface area contributed by atoms with E-state index in [2.05, 4.69) is 41.3 Å². The molecule has 2 aliphatic carbocycles. The molecule has 1 aromatic heterocycles. The fourth-order valence-electron chi connectivity index (χ4n) is 7.82. The van der Waals surface area contributed by atoms with Crippen LogP contribution in [0.15, 0.2) is 41.4 Å². The summed E-state index contributed by atoms with van der Waals surface area (Å²) in [6, 6.07) is 12.2. The summed E-state index contributed by atoms with van der Waals surface area (Å²) >= 11 is 0. The molecule has 2 aromatic carbocycles. The zero-order valence-electron chi connectivity index (χ0n) is 27.2. The molecule has 1 aliphatic heterocycles. The molecule has 2 amide bonds. The van der Waals surface area contributed by atoms with Crippen molar-refractivity contribution in [1.29, 1.82) is 0 Å². The van der Waals surface area contributed by atoms with Crippen LogP contribution in [0.3, 0.4) is 0 Å². The normalized spacial score (nSPS) is 21.8. The number of rotatable bonds is 11. The molecule has 0 radical (unpaired) electrons. The highest BCUT2D eigenvalue weighted by molar-refractivity contribution is 7.83. The number of nitrogens with one attached hydrogen (secondary N) is 1. The van der Waals surface area contributed by atoms with E-state index in [1.165, 1.54) is 36.1 Å². The molecule has 3 aromatic rings. The maximum absolute atomic E-state index is 14.4. The summed E-state index contributed by atoms with van der Waals surface area (Å²) in [7, 11) is 0.268. The third-order valence-electron chi connectivity index (χ3n) is 10.3. The third kappa shape index (κ3) is 5.91. The summed E-state index contributed by atoms with van der Waals surface area (Å²) < 4.78 is 22.9. The van der Waals surface area contributed by atoms with E-state index in [-0.39, 0.29) is 17.7 Å². The van der Waals surface area contributed by atoms with Crippen LogP contribution in [-0.4, -0.2) is 39.2 Å². The van der Waals surface area contributed by atoms with Crippen LogP contribution in [0.2, 0.25) is 0 Å². The number of nitrogens with zero attached hydrogens (tertiary/aromatic N) is 2. The number of methoxy groups -OCH3 is 1. The van der Waals surface area contributed by atoms with Crippen LogP contribution in [0.4, 0.5) is 0 Å². The summed E-state index contributed by atoms with van der Waals surface area (Å²) in [6.45, 7) is 6.63. The number of carbonyl (C=O) groups is 2. The Hall–Kier alpha value is -3.26. The number of fused-ring (bicyclic) bond motifs is 7. The first-order chi connectivity index (χ1) is 21.8. The minimum Gasteiger partial charge on any atom is -0.497 e. The van der Waals surface area contributed by atoms with E-state index in [0.29, 0.717) is 23.8 Å². The van der Waals surface area contributed by atoms with Crippen molar-refractivity contribution in [1.82, 2.24) is 9.29 Å². The number of aliphatic imine (C=N–C) groups is 1. The standard InChI is InChI=1S/C37H47N3O4S/c1-5-8-15-26(12-6-2)38-36(42)37-22-31(37)30-21-27(44-4)17-19-28(30)34-33(24-13-10-9-11-14-24)29-18-16-25(20-32(29)40(34)23-37)35(41)39-45(43)7-3/h16-21,24,31H,5-15,22-23H2,1-4H3,(H,39,41). The fraction of sp³-hybridized carbons (Fsp3) is 0.541. The molecule has 7 nitrogen and oxygen atoms in total. The van der Waals surface area contributed by atoms with E-state index in [1.54, 1.807) is 14.0 Å². The maximum atomic E-state index is 14.4. The van der Waals surface area contributed by atoms with E-state index in [0.717, 1.165) is 79.3 Å². The highest BCUT2D eigenvalue weighted by Crippen LogP contribution is 2.66. The SMILES string of the molecule is CCCCC(CCC)=NC(=O)C12CC1c1cc(OC)ccc1-c1c(C3CCCCC3)c3ccc(C(=O)NS(=O)CC)cc3n1C2. The molecule has 2 heterocycles. The van der Waals surface area contributed by atoms with Gasteiger partial charge < -0.3 is 9.30 Å². The van der Waals surface area contributed by atoms with Crippen molar-refractivity contribution in [3.8, 4) is 17.0 Å². The number of benzene rings is 2. The maximum Gasteiger partial charge on any atom is 0.263 e. The Kier molecular flexibility index (Phi) is 9.32. The molecule has 6 rings (SSSR count). The average Bonchev–Trinajstić information content (AvgIpc) is 3.74. The number of ether oxygens (including phenoxy) is 1. The van der Waals surface area contributed by atoms with Gasteiger partial charge in [0.25, 0.3) is 11.8 Å². The number of hydrogen-bond donors (Lipinski definition) is 1. The van der Waals surface area contributed by atoms with Gasteiger partial charge in [-0.1, -0.05) is 58.9 Å². The summed E-state index contributed by atoms with van der Waals surface area (Å²) in [5.41, 5.74) is 6.65. The highest BCUT2D eigenvalue weighted by atomic mass is 32.2. The van der Waals surface area contributed by atoms with E-state index in [9.17, 15) is 13.8 Å². The largest absolute Gasteiger partial charge is 0.497 e. The minimum absolute atomic E-state index is 0.0121. The van der Waals surface area contributed by atoms with Gasteiger partial charge in [0.15, 0.2) is 0 Å². The Morgan fingerprint density at radius 3 is 2.56 bits per heavy atom. The van der Waals surface area contributed by atoms with Crippen LogP contribution in [0, 0.1) is 5.41 Å². The fourth-order valence-corrected chi connectivity index (χ4v) is 8.29. The van der Waals surface area contributed by atoms with Gasteiger partial charge in [0.05, 0.1) is 18.2 Å². The summed E-state index contributed by atoms with van der Waals surface area (Å²) in [6.07, 6.45) is 11.5. The quantitative estimate of drug-likeness (QED) is 0.217. The van der Waals surface area contributed by atoms with Crippen molar-refractivity contribution < 1.29 is 18.5 Å².